The fraction of sp³-hybridized carbons (Fsp3) is 0.368. The zero-order valence-corrected chi connectivity index (χ0v) is 15.4. The van der Waals surface area contributed by atoms with Gasteiger partial charge in [0, 0.05) is 6.54 Å². The normalized spacial score (nSPS) is 10.6. The number of hydrogen-bond acceptors (Lipinski definition) is 3. The lowest BCUT2D eigenvalue weighted by Crippen LogP contribution is -2.14. The number of methoxy groups -OCH3 is 1. The zero-order valence-electron chi connectivity index (χ0n) is 13.8. The summed E-state index contributed by atoms with van der Waals surface area (Å²) in [5.74, 6) is 1.50. The van der Waals surface area contributed by atoms with E-state index in [0.29, 0.717) is 6.61 Å². The first kappa shape index (κ1) is 17.8. The first-order valence-corrected chi connectivity index (χ1v) is 8.77. The van der Waals surface area contributed by atoms with E-state index >= 15 is 0 Å². The number of hydrogen-bond donors (Lipinski definition) is 1. The van der Waals surface area contributed by atoms with Crippen LogP contribution in [0.2, 0.25) is 0 Å². The average molecular weight is 378 g/mol. The largest absolute Gasteiger partial charge is 0.493 e. The predicted octanol–water partition coefficient (Wildman–Crippen LogP) is 4.93. The van der Waals surface area contributed by atoms with Crippen molar-refractivity contribution in [2.75, 3.05) is 13.7 Å². The number of unbranched alkanes of at least 4 members (excludes halogenated alkanes) is 1. The van der Waals surface area contributed by atoms with Gasteiger partial charge in [-0.1, -0.05) is 43.7 Å². The van der Waals surface area contributed by atoms with Gasteiger partial charge in [-0.05, 0) is 52.2 Å². The number of rotatable bonds is 9. The molecule has 0 aliphatic heterocycles. The Labute approximate surface area is 147 Å². The summed E-state index contributed by atoms with van der Waals surface area (Å²) in [6.07, 6.45) is 2.39. The Bertz CT molecular complexity index is 602. The predicted molar refractivity (Wildman–Crippen MR) is 98.1 cm³/mol. The van der Waals surface area contributed by atoms with E-state index in [1.54, 1.807) is 7.11 Å². The quantitative estimate of drug-likeness (QED) is 0.628. The molecule has 0 aliphatic carbocycles. The Morgan fingerprint density at radius 2 is 1.87 bits per heavy atom. The van der Waals surface area contributed by atoms with Crippen molar-refractivity contribution in [3.8, 4) is 11.5 Å². The van der Waals surface area contributed by atoms with E-state index in [0.717, 1.165) is 34.6 Å². The Hall–Kier alpha value is -1.52. The lowest BCUT2D eigenvalue weighted by molar-refractivity contribution is 0.282. The molecule has 1 N–H and O–H groups in total. The Morgan fingerprint density at radius 1 is 1.09 bits per heavy atom. The molecule has 0 unspecified atom stereocenters. The van der Waals surface area contributed by atoms with Crippen LogP contribution in [0.3, 0.4) is 0 Å². The summed E-state index contributed by atoms with van der Waals surface area (Å²) in [4.78, 5) is 0. The third kappa shape index (κ3) is 5.56. The number of nitrogens with one attached hydrogen (secondary N) is 1. The third-order valence-electron chi connectivity index (χ3n) is 3.55. The van der Waals surface area contributed by atoms with E-state index < -0.39 is 0 Å². The van der Waals surface area contributed by atoms with Gasteiger partial charge in [0.15, 0.2) is 11.5 Å². The van der Waals surface area contributed by atoms with Gasteiger partial charge in [0.2, 0.25) is 0 Å². The van der Waals surface area contributed by atoms with E-state index in [2.05, 4.69) is 34.2 Å². The molecule has 0 spiro atoms. The van der Waals surface area contributed by atoms with E-state index in [-0.39, 0.29) is 0 Å². The molecule has 0 saturated heterocycles. The minimum Gasteiger partial charge on any atom is -0.493 e. The van der Waals surface area contributed by atoms with Gasteiger partial charge >= 0.3 is 0 Å². The van der Waals surface area contributed by atoms with Crippen molar-refractivity contribution in [3.63, 3.8) is 0 Å². The van der Waals surface area contributed by atoms with E-state index in [4.69, 9.17) is 9.47 Å². The molecule has 0 amide bonds. The van der Waals surface area contributed by atoms with Crippen LogP contribution < -0.4 is 14.8 Å². The van der Waals surface area contributed by atoms with Crippen LogP contribution in [0.15, 0.2) is 46.9 Å². The standard InChI is InChI=1S/C19H24BrNO2/c1-3-4-10-21-13-16-11-17(20)19(18(12-16)22-2)23-14-15-8-6-5-7-9-15/h5-9,11-12,21H,3-4,10,13-14H2,1-2H3. The molecule has 0 heterocycles. The summed E-state index contributed by atoms with van der Waals surface area (Å²) in [5.41, 5.74) is 2.31. The highest BCUT2D eigenvalue weighted by atomic mass is 79.9. The minimum atomic E-state index is 0.518. The summed E-state index contributed by atoms with van der Waals surface area (Å²) < 4.78 is 12.4. The molecule has 0 atom stereocenters. The van der Waals surface area contributed by atoms with Crippen LogP contribution in [-0.4, -0.2) is 13.7 Å². The molecule has 2 rings (SSSR count). The number of benzene rings is 2. The van der Waals surface area contributed by atoms with Crippen LogP contribution in [-0.2, 0) is 13.2 Å². The highest BCUT2D eigenvalue weighted by Gasteiger charge is 2.12. The molecule has 2 aromatic rings. The van der Waals surface area contributed by atoms with Gasteiger partial charge < -0.3 is 14.8 Å². The lowest BCUT2D eigenvalue weighted by Gasteiger charge is -2.15. The number of halogens is 1. The average Bonchev–Trinajstić information content (AvgIpc) is 2.58. The summed E-state index contributed by atoms with van der Waals surface area (Å²) >= 11 is 3.60. The van der Waals surface area contributed by atoms with Gasteiger partial charge in [-0.15, -0.1) is 0 Å². The summed E-state index contributed by atoms with van der Waals surface area (Å²) in [6, 6.07) is 14.2. The van der Waals surface area contributed by atoms with Crippen molar-refractivity contribution in [1.82, 2.24) is 5.32 Å². The molecule has 3 nitrogen and oxygen atoms in total. The second-order valence-corrected chi connectivity index (χ2v) is 6.27. The smallest absolute Gasteiger partial charge is 0.175 e. The Balaban J connectivity index is 2.04. The first-order valence-electron chi connectivity index (χ1n) is 7.98. The second-order valence-electron chi connectivity index (χ2n) is 5.41. The monoisotopic (exact) mass is 377 g/mol. The number of ether oxygens (including phenoxy) is 2. The van der Waals surface area contributed by atoms with Crippen LogP contribution >= 0.6 is 15.9 Å². The van der Waals surface area contributed by atoms with Crippen molar-refractivity contribution >= 4 is 15.9 Å². The lowest BCUT2D eigenvalue weighted by atomic mass is 10.2. The van der Waals surface area contributed by atoms with Gasteiger partial charge in [-0.25, -0.2) is 0 Å². The molecule has 4 heteroatoms. The molecule has 2 aromatic carbocycles. The molecular weight excluding hydrogens is 354 g/mol. The fourth-order valence-electron chi connectivity index (χ4n) is 2.28. The van der Waals surface area contributed by atoms with E-state index in [1.807, 2.05) is 36.4 Å². The maximum absolute atomic E-state index is 5.95. The molecule has 0 aromatic heterocycles. The van der Waals surface area contributed by atoms with Crippen molar-refractivity contribution in [2.45, 2.75) is 32.9 Å². The van der Waals surface area contributed by atoms with E-state index in [9.17, 15) is 0 Å². The topological polar surface area (TPSA) is 30.5 Å². The van der Waals surface area contributed by atoms with Crippen LogP contribution in [0.1, 0.15) is 30.9 Å². The maximum atomic E-state index is 5.95. The van der Waals surface area contributed by atoms with Crippen LogP contribution in [0, 0.1) is 0 Å². The minimum absolute atomic E-state index is 0.518. The molecule has 23 heavy (non-hydrogen) atoms. The van der Waals surface area contributed by atoms with Crippen molar-refractivity contribution in [2.24, 2.45) is 0 Å². The fourth-order valence-corrected chi connectivity index (χ4v) is 2.88. The van der Waals surface area contributed by atoms with E-state index in [1.165, 1.54) is 18.4 Å². The molecule has 0 saturated carbocycles. The SMILES string of the molecule is CCCCNCc1cc(Br)c(OCc2ccccc2)c(OC)c1. The maximum Gasteiger partial charge on any atom is 0.175 e. The van der Waals surface area contributed by atoms with Gasteiger partial charge in [-0.2, -0.15) is 0 Å². The second kappa shape index (κ2) is 9.58. The first-order chi connectivity index (χ1) is 11.2. The molecule has 0 aliphatic rings. The summed E-state index contributed by atoms with van der Waals surface area (Å²) in [6.45, 7) is 4.57. The summed E-state index contributed by atoms with van der Waals surface area (Å²) in [5, 5.41) is 3.44. The highest BCUT2D eigenvalue weighted by molar-refractivity contribution is 9.10. The van der Waals surface area contributed by atoms with Crippen LogP contribution in [0.25, 0.3) is 0 Å². The molecule has 0 fully saturated rings. The third-order valence-corrected chi connectivity index (χ3v) is 4.14. The Kier molecular flexibility index (Phi) is 7.43. The van der Waals surface area contributed by atoms with Gasteiger partial charge in [0.25, 0.3) is 0 Å². The summed E-state index contributed by atoms with van der Waals surface area (Å²) in [7, 11) is 1.67. The van der Waals surface area contributed by atoms with Gasteiger partial charge in [-0.3, -0.25) is 0 Å². The molecule has 0 radical (unpaired) electrons. The molecule has 124 valence electrons. The highest BCUT2D eigenvalue weighted by Crippen LogP contribution is 2.37. The van der Waals surface area contributed by atoms with Gasteiger partial charge in [0.1, 0.15) is 6.61 Å². The van der Waals surface area contributed by atoms with Crippen LogP contribution in [0.4, 0.5) is 0 Å². The molecule has 0 bridgehead atoms. The molecular formula is C19H24BrNO2. The van der Waals surface area contributed by atoms with Crippen molar-refractivity contribution in [1.29, 1.82) is 0 Å². The zero-order chi connectivity index (χ0) is 16.5. The van der Waals surface area contributed by atoms with Crippen molar-refractivity contribution in [3.05, 3.63) is 58.1 Å². The Morgan fingerprint density at radius 3 is 2.57 bits per heavy atom. The van der Waals surface area contributed by atoms with Crippen LogP contribution in [0.5, 0.6) is 11.5 Å². The van der Waals surface area contributed by atoms with Crippen molar-refractivity contribution < 1.29 is 9.47 Å². The van der Waals surface area contributed by atoms with Gasteiger partial charge in [0.05, 0.1) is 11.6 Å².